The molecule has 1 aromatic heterocycles. The molecule has 6 nitrogen and oxygen atoms in total. The number of thiophene rings is 1. The van der Waals surface area contributed by atoms with Crippen LogP contribution in [0.3, 0.4) is 0 Å². The molecule has 0 radical (unpaired) electrons. The first-order valence-corrected chi connectivity index (χ1v) is 7.99. The zero-order chi connectivity index (χ0) is 14.3. The summed E-state index contributed by atoms with van der Waals surface area (Å²) in [5.41, 5.74) is 6.49. The molecule has 0 saturated heterocycles. The first-order chi connectivity index (χ1) is 8.92. The molecule has 0 aromatic carbocycles. The monoisotopic (exact) mass is 430 g/mol. The summed E-state index contributed by atoms with van der Waals surface area (Å²) in [6.07, 6.45) is 0. The fourth-order valence-electron chi connectivity index (χ4n) is 1.14. The average molecular weight is 430 g/mol. The Kier molecular flexibility index (Phi) is 9.01. The van der Waals surface area contributed by atoms with Gasteiger partial charge in [-0.3, -0.25) is 0 Å². The van der Waals surface area contributed by atoms with Crippen molar-refractivity contribution < 1.29 is 8.42 Å². The SMILES string of the molecule is C=C(C)CN=C(N)NCCNS(=O)(=O)c1cccs1.I. The summed E-state index contributed by atoms with van der Waals surface area (Å²) in [5, 5.41) is 4.54. The Hall–Kier alpha value is -0.650. The average Bonchev–Trinajstić information content (AvgIpc) is 2.86. The summed E-state index contributed by atoms with van der Waals surface area (Å²) in [6, 6.07) is 3.25. The third kappa shape index (κ3) is 7.22. The largest absolute Gasteiger partial charge is 0.370 e. The van der Waals surface area contributed by atoms with Crippen LogP contribution in [0.5, 0.6) is 0 Å². The number of hydrogen-bond donors (Lipinski definition) is 3. The van der Waals surface area contributed by atoms with E-state index in [0.29, 0.717) is 17.3 Å². The van der Waals surface area contributed by atoms with Gasteiger partial charge in [-0.25, -0.2) is 18.1 Å². The molecule has 0 aliphatic carbocycles. The number of aliphatic imine (C=N–C) groups is 1. The molecule has 1 rings (SSSR count). The molecule has 0 atom stereocenters. The molecule has 0 unspecified atom stereocenters. The Morgan fingerprint density at radius 2 is 2.20 bits per heavy atom. The Morgan fingerprint density at radius 1 is 1.50 bits per heavy atom. The first-order valence-electron chi connectivity index (χ1n) is 5.63. The van der Waals surface area contributed by atoms with Crippen molar-refractivity contribution in [3.63, 3.8) is 0 Å². The van der Waals surface area contributed by atoms with Crippen molar-refractivity contribution in [3.05, 3.63) is 29.7 Å². The molecule has 0 bridgehead atoms. The van der Waals surface area contributed by atoms with E-state index in [1.54, 1.807) is 17.5 Å². The second-order valence-corrected chi connectivity index (χ2v) is 6.86. The van der Waals surface area contributed by atoms with E-state index in [9.17, 15) is 8.42 Å². The fourth-order valence-corrected chi connectivity index (χ4v) is 3.21. The normalized spacial score (nSPS) is 11.8. The number of nitrogens with two attached hydrogens (primary N) is 1. The summed E-state index contributed by atoms with van der Waals surface area (Å²) in [4.78, 5) is 4.02. The minimum atomic E-state index is -3.41. The topological polar surface area (TPSA) is 96.6 Å². The van der Waals surface area contributed by atoms with Gasteiger partial charge in [-0.1, -0.05) is 18.2 Å². The lowest BCUT2D eigenvalue weighted by atomic mass is 10.4. The van der Waals surface area contributed by atoms with Crippen molar-refractivity contribution in [1.29, 1.82) is 0 Å². The van der Waals surface area contributed by atoms with Crippen LogP contribution in [0.15, 0.2) is 38.9 Å². The molecule has 1 aromatic rings. The number of halogens is 1. The van der Waals surface area contributed by atoms with Crippen LogP contribution in [0, 0.1) is 0 Å². The zero-order valence-electron chi connectivity index (χ0n) is 11.1. The fraction of sp³-hybridized carbons (Fsp3) is 0.364. The van der Waals surface area contributed by atoms with Crippen LogP contribution in [0.4, 0.5) is 0 Å². The van der Waals surface area contributed by atoms with E-state index in [2.05, 4.69) is 21.6 Å². The third-order valence-electron chi connectivity index (χ3n) is 2.00. The van der Waals surface area contributed by atoms with Crippen molar-refractivity contribution in [1.82, 2.24) is 10.0 Å². The van der Waals surface area contributed by atoms with Crippen LogP contribution in [0.2, 0.25) is 0 Å². The minimum absolute atomic E-state index is 0. The van der Waals surface area contributed by atoms with Gasteiger partial charge in [0.2, 0.25) is 10.0 Å². The van der Waals surface area contributed by atoms with Crippen LogP contribution < -0.4 is 15.8 Å². The second-order valence-electron chi connectivity index (χ2n) is 3.92. The number of nitrogens with one attached hydrogen (secondary N) is 2. The first kappa shape index (κ1) is 19.4. The molecular formula is C11H19IN4O2S2. The highest BCUT2D eigenvalue weighted by atomic mass is 127. The Bertz CT molecular complexity index is 541. The van der Waals surface area contributed by atoms with E-state index in [4.69, 9.17) is 5.73 Å². The van der Waals surface area contributed by atoms with Crippen LogP contribution >= 0.6 is 35.3 Å². The lowest BCUT2D eigenvalue weighted by Gasteiger charge is -2.07. The Balaban J connectivity index is 0.00000361. The molecular weight excluding hydrogens is 411 g/mol. The van der Waals surface area contributed by atoms with Crippen molar-refractivity contribution in [3.8, 4) is 0 Å². The zero-order valence-corrected chi connectivity index (χ0v) is 15.1. The van der Waals surface area contributed by atoms with Crippen LogP contribution in [-0.2, 0) is 10.0 Å². The summed E-state index contributed by atoms with van der Waals surface area (Å²) >= 11 is 1.18. The van der Waals surface area contributed by atoms with Crippen molar-refractivity contribution in [2.75, 3.05) is 19.6 Å². The molecule has 0 aliphatic rings. The van der Waals surface area contributed by atoms with E-state index in [0.717, 1.165) is 5.57 Å². The molecule has 9 heteroatoms. The number of nitrogens with zero attached hydrogens (tertiary/aromatic N) is 1. The van der Waals surface area contributed by atoms with E-state index in [1.807, 2.05) is 6.92 Å². The lowest BCUT2D eigenvalue weighted by Crippen LogP contribution is -2.38. The van der Waals surface area contributed by atoms with Gasteiger partial charge < -0.3 is 11.1 Å². The molecule has 1 heterocycles. The molecule has 114 valence electrons. The molecule has 0 saturated carbocycles. The molecule has 0 spiro atoms. The molecule has 4 N–H and O–H groups in total. The van der Waals surface area contributed by atoms with Gasteiger partial charge in [-0.05, 0) is 18.4 Å². The molecule has 0 aliphatic heterocycles. The van der Waals surface area contributed by atoms with E-state index >= 15 is 0 Å². The minimum Gasteiger partial charge on any atom is -0.370 e. The van der Waals surface area contributed by atoms with E-state index in [-0.39, 0.29) is 36.5 Å². The smallest absolute Gasteiger partial charge is 0.250 e. The summed E-state index contributed by atoms with van der Waals surface area (Å²) in [7, 11) is -3.41. The summed E-state index contributed by atoms with van der Waals surface area (Å²) in [6.45, 7) is 6.63. The highest BCUT2D eigenvalue weighted by Gasteiger charge is 2.13. The maximum Gasteiger partial charge on any atom is 0.250 e. The molecule has 0 fully saturated rings. The van der Waals surface area contributed by atoms with Crippen LogP contribution in [-0.4, -0.2) is 34.0 Å². The summed E-state index contributed by atoms with van der Waals surface area (Å²) < 4.78 is 26.3. The van der Waals surface area contributed by atoms with Gasteiger partial charge >= 0.3 is 0 Å². The predicted octanol–water partition coefficient (Wildman–Crippen LogP) is 1.12. The molecule has 0 amide bonds. The van der Waals surface area contributed by atoms with Crippen LogP contribution in [0.1, 0.15) is 6.92 Å². The molecule has 20 heavy (non-hydrogen) atoms. The Morgan fingerprint density at radius 3 is 2.75 bits per heavy atom. The maximum absolute atomic E-state index is 11.8. The van der Waals surface area contributed by atoms with Crippen molar-refractivity contribution in [2.24, 2.45) is 10.7 Å². The van der Waals surface area contributed by atoms with Gasteiger partial charge in [0, 0.05) is 13.1 Å². The van der Waals surface area contributed by atoms with Gasteiger partial charge in [0.1, 0.15) is 4.21 Å². The van der Waals surface area contributed by atoms with E-state index < -0.39 is 10.0 Å². The number of guanidine groups is 1. The number of rotatable bonds is 7. The van der Waals surface area contributed by atoms with E-state index in [1.165, 1.54) is 11.3 Å². The standard InChI is InChI=1S/C11H18N4O2S2.HI/c1-9(2)8-14-11(12)13-5-6-15-19(16,17)10-4-3-7-18-10;/h3-4,7,15H,1,5-6,8H2,2H3,(H3,12,13,14);1H. The quantitative estimate of drug-likeness (QED) is 0.199. The predicted molar refractivity (Wildman–Crippen MR) is 94.2 cm³/mol. The third-order valence-corrected chi connectivity index (χ3v) is 4.86. The Labute approximate surface area is 140 Å². The van der Waals surface area contributed by atoms with Gasteiger partial charge in [0.15, 0.2) is 5.96 Å². The second kappa shape index (κ2) is 9.32. The van der Waals surface area contributed by atoms with Crippen LogP contribution in [0.25, 0.3) is 0 Å². The highest BCUT2D eigenvalue weighted by molar-refractivity contribution is 14.0. The maximum atomic E-state index is 11.8. The summed E-state index contributed by atoms with van der Waals surface area (Å²) in [5.74, 6) is 0.276. The van der Waals surface area contributed by atoms with Crippen molar-refractivity contribution >= 4 is 51.3 Å². The lowest BCUT2D eigenvalue weighted by molar-refractivity contribution is 0.583. The van der Waals surface area contributed by atoms with Gasteiger partial charge in [-0.2, -0.15) is 0 Å². The van der Waals surface area contributed by atoms with Gasteiger partial charge in [0.25, 0.3) is 0 Å². The van der Waals surface area contributed by atoms with Crippen molar-refractivity contribution in [2.45, 2.75) is 11.1 Å². The number of sulfonamides is 1. The van der Waals surface area contributed by atoms with Gasteiger partial charge in [0.05, 0.1) is 6.54 Å². The van der Waals surface area contributed by atoms with Gasteiger partial charge in [-0.15, -0.1) is 35.3 Å². The number of hydrogen-bond acceptors (Lipinski definition) is 4. The highest BCUT2D eigenvalue weighted by Crippen LogP contribution is 2.14.